The molecule has 0 saturated carbocycles. The van der Waals surface area contributed by atoms with E-state index >= 15 is 0 Å². The van der Waals surface area contributed by atoms with E-state index in [2.05, 4.69) is 84.9 Å². The predicted octanol–water partition coefficient (Wildman–Crippen LogP) is 6.46. The van der Waals surface area contributed by atoms with Crippen molar-refractivity contribution in [3.8, 4) is 5.88 Å². The molecule has 3 aromatic rings. The largest absolute Gasteiger partial charge is 0.478 e. The summed E-state index contributed by atoms with van der Waals surface area (Å²) in [6, 6.07) is 19.0. The Morgan fingerprint density at radius 3 is 2.52 bits per heavy atom. The van der Waals surface area contributed by atoms with Gasteiger partial charge in [0, 0.05) is 49.7 Å². The highest BCUT2D eigenvalue weighted by molar-refractivity contribution is 5.95. The van der Waals surface area contributed by atoms with Gasteiger partial charge in [-0.3, -0.25) is 19.4 Å². The number of anilines is 2. The highest BCUT2D eigenvalue weighted by Gasteiger charge is 2.29. The lowest BCUT2D eigenvalue weighted by Gasteiger charge is -2.36. The molecule has 2 aromatic carbocycles. The second-order valence-corrected chi connectivity index (χ2v) is 13.4. The number of aromatic nitrogens is 1. The summed E-state index contributed by atoms with van der Waals surface area (Å²) in [6.07, 6.45) is 4.22. The molecule has 8 nitrogen and oxygen atoms in total. The lowest BCUT2D eigenvalue weighted by atomic mass is 9.81. The average Bonchev–Trinajstić information content (AvgIpc) is 2.99. The Labute approximate surface area is 262 Å². The van der Waals surface area contributed by atoms with E-state index in [9.17, 15) is 9.59 Å². The molecule has 44 heavy (non-hydrogen) atoms. The topological polar surface area (TPSA) is 75.2 Å². The quantitative estimate of drug-likeness (QED) is 0.165. The number of carbonyl (C=O) groups is 2. The van der Waals surface area contributed by atoms with E-state index in [4.69, 9.17) is 9.47 Å². The first kappa shape index (κ1) is 31.8. The zero-order chi connectivity index (χ0) is 31.1. The number of nitrogens with zero attached hydrogens (tertiary/aromatic N) is 4. The fourth-order valence-corrected chi connectivity index (χ4v) is 6.66. The Morgan fingerprint density at radius 1 is 0.955 bits per heavy atom. The van der Waals surface area contributed by atoms with Gasteiger partial charge in [-0.25, -0.2) is 0 Å². The van der Waals surface area contributed by atoms with Crippen molar-refractivity contribution in [1.29, 1.82) is 0 Å². The summed E-state index contributed by atoms with van der Waals surface area (Å²) in [5, 5.41) is 2.62. The van der Waals surface area contributed by atoms with Gasteiger partial charge in [0.05, 0.1) is 13.0 Å². The first-order valence-electron chi connectivity index (χ1n) is 16.2. The Kier molecular flexibility index (Phi) is 10.4. The minimum atomic E-state index is -0.294. The molecular formula is C36H48N4O4. The van der Waals surface area contributed by atoms with Crippen LogP contribution in [0.15, 0.2) is 54.6 Å². The minimum Gasteiger partial charge on any atom is -0.478 e. The SMILES string of the molecule is CC(C)CC(C)(C)CC(=O)OCN1C(=O)CCc2ccc(OCCCCN3CCN(c4cccc5ccccc45)CC3)nc21. The van der Waals surface area contributed by atoms with Crippen LogP contribution >= 0.6 is 0 Å². The fraction of sp³-hybridized carbons (Fsp3) is 0.528. The van der Waals surface area contributed by atoms with Crippen LogP contribution in [0.1, 0.15) is 65.4 Å². The maximum atomic E-state index is 12.8. The molecule has 0 N–H and O–H groups in total. The van der Waals surface area contributed by atoms with Crippen LogP contribution in [0.25, 0.3) is 10.8 Å². The Bertz CT molecular complexity index is 1430. The van der Waals surface area contributed by atoms with Crippen LogP contribution in [0, 0.1) is 11.3 Å². The number of pyridine rings is 1. The number of esters is 1. The van der Waals surface area contributed by atoms with Crippen molar-refractivity contribution in [2.75, 3.05) is 55.9 Å². The number of fused-ring (bicyclic) bond motifs is 2. The number of aryl methyl sites for hydroxylation is 1. The van der Waals surface area contributed by atoms with E-state index in [1.54, 1.807) is 0 Å². The van der Waals surface area contributed by atoms with Crippen LogP contribution in [0.3, 0.4) is 0 Å². The summed E-state index contributed by atoms with van der Waals surface area (Å²) in [6.45, 7) is 14.1. The number of hydrogen-bond donors (Lipinski definition) is 0. The van der Waals surface area contributed by atoms with Crippen LogP contribution in [0.2, 0.25) is 0 Å². The molecule has 0 unspecified atom stereocenters. The van der Waals surface area contributed by atoms with Gasteiger partial charge in [-0.1, -0.05) is 64.1 Å². The van der Waals surface area contributed by atoms with Gasteiger partial charge in [0.15, 0.2) is 6.73 Å². The molecule has 2 aliphatic heterocycles. The highest BCUT2D eigenvalue weighted by atomic mass is 16.5. The second kappa shape index (κ2) is 14.4. The number of piperazine rings is 1. The molecule has 0 spiro atoms. The van der Waals surface area contributed by atoms with Crippen LogP contribution in [-0.4, -0.2) is 67.8 Å². The number of carbonyl (C=O) groups excluding carboxylic acids is 2. The van der Waals surface area contributed by atoms with Crippen LogP contribution < -0.4 is 14.5 Å². The number of hydrogen-bond acceptors (Lipinski definition) is 7. The van der Waals surface area contributed by atoms with E-state index < -0.39 is 0 Å². The van der Waals surface area contributed by atoms with Crippen molar-refractivity contribution in [2.24, 2.45) is 11.3 Å². The predicted molar refractivity (Wildman–Crippen MR) is 176 cm³/mol. The van der Waals surface area contributed by atoms with Gasteiger partial charge in [0.25, 0.3) is 0 Å². The van der Waals surface area contributed by atoms with Crippen molar-refractivity contribution in [3.05, 3.63) is 60.2 Å². The first-order valence-corrected chi connectivity index (χ1v) is 16.2. The van der Waals surface area contributed by atoms with E-state index in [-0.39, 0.29) is 24.0 Å². The molecule has 3 heterocycles. The van der Waals surface area contributed by atoms with Crippen molar-refractivity contribution in [3.63, 3.8) is 0 Å². The summed E-state index contributed by atoms with van der Waals surface area (Å²) < 4.78 is 11.6. The molecule has 0 radical (unpaired) electrons. The summed E-state index contributed by atoms with van der Waals surface area (Å²) in [5.74, 6) is 1.15. The smallest absolute Gasteiger partial charge is 0.308 e. The zero-order valence-corrected chi connectivity index (χ0v) is 26.9. The second-order valence-electron chi connectivity index (χ2n) is 13.4. The number of rotatable bonds is 13. The van der Waals surface area contributed by atoms with Crippen molar-refractivity contribution in [2.45, 2.75) is 66.2 Å². The third-order valence-corrected chi connectivity index (χ3v) is 8.63. The van der Waals surface area contributed by atoms with Gasteiger partial charge in [0.1, 0.15) is 5.82 Å². The molecule has 0 atom stereocenters. The average molecular weight is 601 g/mol. The van der Waals surface area contributed by atoms with Crippen LogP contribution in [0.4, 0.5) is 11.5 Å². The highest BCUT2D eigenvalue weighted by Crippen LogP contribution is 2.31. The third-order valence-electron chi connectivity index (χ3n) is 8.63. The van der Waals surface area contributed by atoms with Gasteiger partial charge >= 0.3 is 5.97 Å². The number of benzene rings is 2. The van der Waals surface area contributed by atoms with E-state index in [0.29, 0.717) is 43.5 Å². The minimum absolute atomic E-state index is 0.0862. The maximum Gasteiger partial charge on any atom is 0.308 e. The van der Waals surface area contributed by atoms with Crippen LogP contribution in [0.5, 0.6) is 5.88 Å². The molecule has 236 valence electrons. The molecule has 5 rings (SSSR count). The monoisotopic (exact) mass is 600 g/mol. The summed E-state index contributed by atoms with van der Waals surface area (Å²) in [4.78, 5) is 36.6. The van der Waals surface area contributed by atoms with E-state index in [0.717, 1.165) is 57.5 Å². The maximum absolute atomic E-state index is 12.8. The van der Waals surface area contributed by atoms with E-state index in [1.807, 2.05) is 12.1 Å². The summed E-state index contributed by atoms with van der Waals surface area (Å²) in [7, 11) is 0. The Balaban J connectivity index is 1.05. The Hall–Kier alpha value is -3.65. The molecule has 0 bridgehead atoms. The van der Waals surface area contributed by atoms with Crippen molar-refractivity contribution in [1.82, 2.24) is 9.88 Å². The molecule has 1 amide bonds. The molecule has 8 heteroatoms. The molecular weight excluding hydrogens is 552 g/mol. The molecule has 0 aliphatic carbocycles. The summed E-state index contributed by atoms with van der Waals surface area (Å²) in [5.41, 5.74) is 2.15. The Morgan fingerprint density at radius 2 is 1.73 bits per heavy atom. The zero-order valence-electron chi connectivity index (χ0n) is 26.9. The van der Waals surface area contributed by atoms with Crippen molar-refractivity contribution >= 4 is 34.2 Å². The summed E-state index contributed by atoms with van der Waals surface area (Å²) >= 11 is 0. The number of unbranched alkanes of at least 4 members (excludes halogenated alkanes) is 1. The lowest BCUT2D eigenvalue weighted by molar-refractivity contribution is -0.146. The molecule has 1 saturated heterocycles. The van der Waals surface area contributed by atoms with Gasteiger partial charge in [-0.2, -0.15) is 4.98 Å². The van der Waals surface area contributed by atoms with Gasteiger partial charge < -0.3 is 14.4 Å². The van der Waals surface area contributed by atoms with Gasteiger partial charge in [-0.15, -0.1) is 0 Å². The third kappa shape index (κ3) is 8.29. The standard InChI is InChI=1S/C36H48N4O4/c1-27(2)24-36(3,4)25-34(42)44-26-40-33(41)17-15-29-14-16-32(37-35(29)40)43-23-8-7-18-38-19-21-39(22-20-38)31-13-9-11-28-10-5-6-12-30(28)31/h5-6,9-14,16,27H,7-8,15,17-26H2,1-4H3. The number of ether oxygens (including phenoxy) is 2. The van der Waals surface area contributed by atoms with Crippen LogP contribution in [-0.2, 0) is 20.7 Å². The van der Waals surface area contributed by atoms with E-state index in [1.165, 1.54) is 21.4 Å². The molecule has 1 fully saturated rings. The fourth-order valence-electron chi connectivity index (χ4n) is 6.66. The lowest BCUT2D eigenvalue weighted by Crippen LogP contribution is -2.46. The molecule has 2 aliphatic rings. The molecule has 1 aromatic heterocycles. The van der Waals surface area contributed by atoms with Crippen molar-refractivity contribution < 1.29 is 19.1 Å². The van der Waals surface area contributed by atoms with Gasteiger partial charge in [0.2, 0.25) is 11.8 Å². The normalized spacial score (nSPS) is 16.0. The first-order chi connectivity index (χ1) is 21.2. The number of amides is 1. The van der Waals surface area contributed by atoms with Gasteiger partial charge in [-0.05, 0) is 66.6 Å².